The molecule has 0 spiro atoms. The van der Waals surface area contributed by atoms with Gasteiger partial charge in [0, 0.05) is 18.2 Å². The molecule has 0 unspecified atom stereocenters. The highest BCUT2D eigenvalue weighted by Crippen LogP contribution is 2.28. The summed E-state index contributed by atoms with van der Waals surface area (Å²) in [6.45, 7) is 3.36. The van der Waals surface area contributed by atoms with Gasteiger partial charge in [0.2, 0.25) is 0 Å². The first kappa shape index (κ1) is 18.3. The molecule has 0 bridgehead atoms. The highest BCUT2D eigenvalue weighted by molar-refractivity contribution is 5.74. The lowest BCUT2D eigenvalue weighted by molar-refractivity contribution is -0.418. The van der Waals surface area contributed by atoms with Crippen LogP contribution in [0.1, 0.15) is 20.1 Å². The quantitative estimate of drug-likeness (QED) is 0.413. The maximum Gasteiger partial charge on any atom is 0.365 e. The van der Waals surface area contributed by atoms with Crippen LogP contribution >= 0.6 is 0 Å². The van der Waals surface area contributed by atoms with E-state index in [0.717, 1.165) is 16.8 Å². The number of esters is 1. The summed E-state index contributed by atoms with van der Waals surface area (Å²) >= 11 is 0. The molecular weight excluding hydrogens is 322 g/mol. The summed E-state index contributed by atoms with van der Waals surface area (Å²) in [5, 5.41) is 20.1. The number of quaternary nitrogens is 1. The van der Waals surface area contributed by atoms with Crippen molar-refractivity contribution in [3.8, 4) is 0 Å². The fraction of sp³-hybridized carbons (Fsp3) is 0.643. The van der Waals surface area contributed by atoms with Gasteiger partial charge in [-0.1, -0.05) is 13.8 Å². The molecule has 5 atom stereocenters. The van der Waals surface area contributed by atoms with Crippen LogP contribution in [0.3, 0.4) is 0 Å². The molecule has 2 heterocycles. The molecule has 6 N–H and O–H groups in total. The Morgan fingerprint density at radius 3 is 2.67 bits per heavy atom. The van der Waals surface area contributed by atoms with Crippen LogP contribution in [0.15, 0.2) is 21.9 Å². The number of nitrogens with one attached hydrogen (secondary N) is 1. The standard InChI is InChI=1S/C14H21N3O7/c1-6(2)9(15)13(21)23-5-7-10(19)11(20)12(24-7)17-4-3-8(18)16-14(17)22/h3-4,6-7,9-12,19-20H,5,15H2,1-2H3,(H,16,18,22)/p+1/t7-,9+,10-,11-,12-/m1/s1. The molecule has 1 fully saturated rings. The maximum atomic E-state index is 11.8. The van der Waals surface area contributed by atoms with Crippen LogP contribution in [0.4, 0.5) is 0 Å². The molecule has 10 heteroatoms. The Morgan fingerprint density at radius 2 is 2.08 bits per heavy atom. The predicted octanol–water partition coefficient (Wildman–Crippen LogP) is -3.03. The second-order valence-electron chi connectivity index (χ2n) is 6.04. The number of ether oxygens (including phenoxy) is 2. The Hall–Kier alpha value is -2.01. The average molecular weight is 344 g/mol. The molecule has 0 radical (unpaired) electrons. The van der Waals surface area contributed by atoms with Gasteiger partial charge in [0.1, 0.15) is 24.9 Å². The second kappa shape index (κ2) is 7.26. The minimum absolute atomic E-state index is 0.00928. The zero-order chi connectivity index (χ0) is 18.0. The maximum absolute atomic E-state index is 11.8. The Bertz CT molecular complexity index is 698. The first-order valence-electron chi connectivity index (χ1n) is 7.55. The lowest BCUT2D eigenvalue weighted by atomic mass is 10.1. The molecule has 0 amide bonds. The van der Waals surface area contributed by atoms with Crippen LogP contribution in [0.25, 0.3) is 0 Å². The number of aromatic nitrogens is 2. The molecule has 134 valence electrons. The molecule has 1 aromatic rings. The van der Waals surface area contributed by atoms with Gasteiger partial charge < -0.3 is 25.4 Å². The minimum atomic E-state index is -1.42. The third-order valence-electron chi connectivity index (χ3n) is 3.96. The van der Waals surface area contributed by atoms with Crippen LogP contribution in [-0.4, -0.2) is 56.7 Å². The number of aliphatic hydroxyl groups excluding tert-OH is 2. The van der Waals surface area contributed by atoms with Crippen LogP contribution < -0.4 is 17.0 Å². The van der Waals surface area contributed by atoms with Crippen molar-refractivity contribution >= 4 is 5.97 Å². The van der Waals surface area contributed by atoms with Crippen LogP contribution in [-0.2, 0) is 14.3 Å². The van der Waals surface area contributed by atoms with E-state index in [9.17, 15) is 24.6 Å². The number of aromatic amines is 1. The number of rotatable bonds is 5. The fourth-order valence-corrected chi connectivity index (χ4v) is 2.27. The molecule has 0 aliphatic carbocycles. The zero-order valence-corrected chi connectivity index (χ0v) is 13.4. The summed E-state index contributed by atoms with van der Waals surface area (Å²) in [6.07, 6.45) is -3.83. The van der Waals surface area contributed by atoms with Crippen molar-refractivity contribution in [3.05, 3.63) is 33.1 Å². The van der Waals surface area contributed by atoms with E-state index in [1.54, 1.807) is 0 Å². The second-order valence-corrected chi connectivity index (χ2v) is 6.04. The van der Waals surface area contributed by atoms with Crippen molar-refractivity contribution in [1.29, 1.82) is 0 Å². The van der Waals surface area contributed by atoms with E-state index in [4.69, 9.17) is 9.47 Å². The van der Waals surface area contributed by atoms with Gasteiger partial charge in [-0.15, -0.1) is 0 Å². The molecule has 24 heavy (non-hydrogen) atoms. The lowest BCUT2D eigenvalue weighted by Gasteiger charge is -2.17. The van der Waals surface area contributed by atoms with E-state index in [2.05, 4.69) is 5.73 Å². The van der Waals surface area contributed by atoms with Crippen molar-refractivity contribution in [2.24, 2.45) is 5.92 Å². The topological polar surface area (TPSA) is 158 Å². The summed E-state index contributed by atoms with van der Waals surface area (Å²) in [4.78, 5) is 36.7. The van der Waals surface area contributed by atoms with Gasteiger partial charge in [-0.2, -0.15) is 0 Å². The highest BCUT2D eigenvalue weighted by Gasteiger charge is 2.45. The Morgan fingerprint density at radius 1 is 1.42 bits per heavy atom. The first-order valence-corrected chi connectivity index (χ1v) is 7.55. The monoisotopic (exact) mass is 344 g/mol. The number of carbonyl (C=O) groups is 1. The van der Waals surface area contributed by atoms with E-state index >= 15 is 0 Å². The smallest absolute Gasteiger partial charge is 0.365 e. The van der Waals surface area contributed by atoms with Crippen molar-refractivity contribution in [2.45, 2.75) is 44.4 Å². The number of aliphatic hydroxyl groups is 2. The van der Waals surface area contributed by atoms with Crippen LogP contribution in [0, 0.1) is 5.92 Å². The third-order valence-corrected chi connectivity index (χ3v) is 3.96. The van der Waals surface area contributed by atoms with Gasteiger partial charge in [-0.05, 0) is 0 Å². The largest absolute Gasteiger partial charge is 0.458 e. The normalized spacial score (nSPS) is 28.1. The van der Waals surface area contributed by atoms with Crippen molar-refractivity contribution in [1.82, 2.24) is 9.55 Å². The predicted molar refractivity (Wildman–Crippen MR) is 79.7 cm³/mol. The van der Waals surface area contributed by atoms with E-state index in [-0.39, 0.29) is 12.5 Å². The van der Waals surface area contributed by atoms with Gasteiger partial charge in [0.15, 0.2) is 12.3 Å². The van der Waals surface area contributed by atoms with E-state index < -0.39 is 47.8 Å². The van der Waals surface area contributed by atoms with Gasteiger partial charge in [0.25, 0.3) is 5.56 Å². The first-order chi connectivity index (χ1) is 11.2. The van der Waals surface area contributed by atoms with E-state index in [1.165, 1.54) is 0 Å². The third kappa shape index (κ3) is 3.73. The molecule has 1 aliphatic rings. The van der Waals surface area contributed by atoms with E-state index in [1.807, 2.05) is 18.8 Å². The average Bonchev–Trinajstić information content (AvgIpc) is 2.80. The van der Waals surface area contributed by atoms with Crippen molar-refractivity contribution in [2.75, 3.05) is 6.61 Å². The molecule has 0 aromatic carbocycles. The molecule has 1 aliphatic heterocycles. The summed E-state index contributed by atoms with van der Waals surface area (Å²) in [5.41, 5.74) is 2.32. The highest BCUT2D eigenvalue weighted by atomic mass is 16.6. The Balaban J connectivity index is 2.06. The Labute approximate surface area is 136 Å². The van der Waals surface area contributed by atoms with Gasteiger partial charge in [0.05, 0.1) is 0 Å². The van der Waals surface area contributed by atoms with Crippen molar-refractivity contribution in [3.63, 3.8) is 0 Å². The lowest BCUT2D eigenvalue weighted by Crippen LogP contribution is -2.68. The van der Waals surface area contributed by atoms with Gasteiger partial charge in [-0.3, -0.25) is 14.3 Å². The zero-order valence-electron chi connectivity index (χ0n) is 13.4. The van der Waals surface area contributed by atoms with E-state index in [0.29, 0.717) is 0 Å². The number of carbonyl (C=O) groups excluding carboxylic acids is 1. The van der Waals surface area contributed by atoms with Gasteiger partial charge >= 0.3 is 11.7 Å². The fourth-order valence-electron chi connectivity index (χ4n) is 2.27. The Kier molecular flexibility index (Phi) is 5.54. The summed E-state index contributed by atoms with van der Waals surface area (Å²) in [7, 11) is 0. The molecule has 10 nitrogen and oxygen atoms in total. The number of hydrogen-bond acceptors (Lipinski definition) is 7. The molecule has 1 saturated heterocycles. The number of nitrogens with zero attached hydrogens (tertiary/aromatic N) is 1. The van der Waals surface area contributed by atoms with Crippen LogP contribution in [0.5, 0.6) is 0 Å². The summed E-state index contributed by atoms with van der Waals surface area (Å²) in [5.74, 6) is -0.551. The van der Waals surface area contributed by atoms with Crippen LogP contribution in [0.2, 0.25) is 0 Å². The number of hydrogen-bond donors (Lipinski definition) is 4. The van der Waals surface area contributed by atoms with Crippen molar-refractivity contribution < 1.29 is 30.2 Å². The molecule has 2 rings (SSSR count). The number of H-pyrrole nitrogens is 1. The minimum Gasteiger partial charge on any atom is -0.458 e. The SMILES string of the molecule is CC(C)[C@H]([NH3+])C(=O)OC[C@H]1O[C@@H](n2ccc(=O)[nH]c2=O)[C@H](O)[C@@H]1O. The molecular formula is C14H22N3O7+. The molecule has 1 aromatic heterocycles. The van der Waals surface area contributed by atoms with Gasteiger partial charge in [-0.25, -0.2) is 9.59 Å². The molecule has 0 saturated carbocycles. The summed E-state index contributed by atoms with van der Waals surface area (Å²) in [6, 6.07) is 0.527. The summed E-state index contributed by atoms with van der Waals surface area (Å²) < 4.78 is 11.4.